The molecule has 1 atom stereocenters. The van der Waals surface area contributed by atoms with E-state index in [-0.39, 0.29) is 12.6 Å². The first kappa shape index (κ1) is 11.9. The van der Waals surface area contributed by atoms with Crippen LogP contribution in [0.2, 0.25) is 0 Å². The van der Waals surface area contributed by atoms with Crippen LogP contribution in [0.5, 0.6) is 0 Å². The van der Waals surface area contributed by atoms with Gasteiger partial charge in [0.15, 0.2) is 0 Å². The van der Waals surface area contributed by atoms with Crippen LogP contribution in [0.4, 0.5) is 5.69 Å². The fourth-order valence-corrected chi connectivity index (χ4v) is 1.43. The van der Waals surface area contributed by atoms with Gasteiger partial charge in [0.2, 0.25) is 0 Å². The maximum atomic E-state index is 8.89. The molecule has 0 bridgehead atoms. The van der Waals surface area contributed by atoms with Crippen LogP contribution in [0.25, 0.3) is 0 Å². The van der Waals surface area contributed by atoms with Gasteiger partial charge in [-0.1, -0.05) is 0 Å². The third kappa shape index (κ3) is 4.27. The van der Waals surface area contributed by atoms with E-state index < -0.39 is 0 Å². The van der Waals surface area contributed by atoms with Gasteiger partial charge in [0, 0.05) is 31.3 Å². The molecule has 0 spiro atoms. The van der Waals surface area contributed by atoms with Gasteiger partial charge in [0.25, 0.3) is 0 Å². The molecule has 0 aromatic carbocycles. The summed E-state index contributed by atoms with van der Waals surface area (Å²) in [5, 5.41) is 12.2. The Morgan fingerprint density at radius 3 is 3.00 bits per heavy atom. The lowest BCUT2D eigenvalue weighted by Gasteiger charge is -2.18. The zero-order chi connectivity index (χ0) is 11.1. The summed E-state index contributed by atoms with van der Waals surface area (Å²) in [7, 11) is 1.66. The van der Waals surface area contributed by atoms with Gasteiger partial charge in [-0.15, -0.1) is 0 Å². The van der Waals surface area contributed by atoms with Gasteiger partial charge in [-0.05, 0) is 25.5 Å². The number of hydrogen-bond donors (Lipinski definition) is 2. The molecule has 4 heteroatoms. The predicted octanol–water partition coefficient (Wildman–Crippen LogP) is 1.20. The van der Waals surface area contributed by atoms with Crippen molar-refractivity contribution in [3.05, 3.63) is 24.0 Å². The van der Waals surface area contributed by atoms with Crippen LogP contribution in [-0.4, -0.2) is 36.5 Å². The first-order chi connectivity index (χ1) is 7.26. The van der Waals surface area contributed by atoms with Crippen LogP contribution >= 0.6 is 0 Å². The Kier molecular flexibility index (Phi) is 5.07. The molecule has 1 unspecified atom stereocenters. The topological polar surface area (TPSA) is 54.4 Å². The summed E-state index contributed by atoms with van der Waals surface area (Å²) in [6.45, 7) is 2.69. The van der Waals surface area contributed by atoms with E-state index in [1.807, 2.05) is 19.1 Å². The van der Waals surface area contributed by atoms with Gasteiger partial charge >= 0.3 is 0 Å². The average Bonchev–Trinajstić information content (AvgIpc) is 2.18. The number of anilines is 1. The predicted molar refractivity (Wildman–Crippen MR) is 60.0 cm³/mol. The van der Waals surface area contributed by atoms with Crippen LogP contribution in [0.15, 0.2) is 18.3 Å². The van der Waals surface area contributed by atoms with Crippen molar-refractivity contribution in [1.29, 1.82) is 0 Å². The highest BCUT2D eigenvalue weighted by atomic mass is 16.5. The third-order valence-corrected chi connectivity index (χ3v) is 2.11. The van der Waals surface area contributed by atoms with E-state index in [9.17, 15) is 0 Å². The lowest BCUT2D eigenvalue weighted by Crippen LogP contribution is -2.26. The van der Waals surface area contributed by atoms with Crippen LogP contribution in [0.3, 0.4) is 0 Å². The van der Waals surface area contributed by atoms with Crippen molar-refractivity contribution in [2.45, 2.75) is 19.4 Å². The minimum Gasteiger partial charge on any atom is -0.396 e. The van der Waals surface area contributed by atoms with Crippen molar-refractivity contribution < 1.29 is 9.84 Å². The normalized spacial score (nSPS) is 12.5. The number of hydrogen-bond acceptors (Lipinski definition) is 4. The molecule has 1 aromatic heterocycles. The molecule has 2 N–H and O–H groups in total. The van der Waals surface area contributed by atoms with Crippen molar-refractivity contribution in [2.24, 2.45) is 0 Å². The summed E-state index contributed by atoms with van der Waals surface area (Å²) < 4.78 is 5.07. The van der Waals surface area contributed by atoms with Crippen LogP contribution < -0.4 is 5.32 Å². The minimum atomic E-state index is 0.141. The summed E-state index contributed by atoms with van der Waals surface area (Å²) in [5.41, 5.74) is 1.98. The molecule has 0 saturated carbocycles. The minimum absolute atomic E-state index is 0.141. The number of aryl methyl sites for hydroxylation is 1. The SMILES string of the molecule is COCC(CCO)Nc1ccnc(C)c1. The Balaban J connectivity index is 2.56. The maximum absolute atomic E-state index is 8.89. The molecule has 0 saturated heterocycles. The van der Waals surface area contributed by atoms with Gasteiger partial charge in [0.1, 0.15) is 0 Å². The molecule has 0 radical (unpaired) electrons. The number of aromatic nitrogens is 1. The maximum Gasteiger partial charge on any atom is 0.0664 e. The van der Waals surface area contributed by atoms with Crippen molar-refractivity contribution in [1.82, 2.24) is 4.98 Å². The first-order valence-corrected chi connectivity index (χ1v) is 5.05. The Morgan fingerprint density at radius 1 is 1.60 bits per heavy atom. The smallest absolute Gasteiger partial charge is 0.0664 e. The number of ether oxygens (including phenoxy) is 1. The highest BCUT2D eigenvalue weighted by Gasteiger charge is 2.07. The Morgan fingerprint density at radius 2 is 2.40 bits per heavy atom. The molecule has 15 heavy (non-hydrogen) atoms. The number of aliphatic hydroxyl groups is 1. The molecule has 0 amide bonds. The molecule has 1 rings (SSSR count). The summed E-state index contributed by atoms with van der Waals surface area (Å²) in [5.74, 6) is 0. The largest absolute Gasteiger partial charge is 0.396 e. The molecular formula is C11H18N2O2. The molecule has 4 nitrogen and oxygen atoms in total. The van der Waals surface area contributed by atoms with Crippen molar-refractivity contribution in [3.63, 3.8) is 0 Å². The van der Waals surface area contributed by atoms with Crippen LogP contribution in [0.1, 0.15) is 12.1 Å². The van der Waals surface area contributed by atoms with Gasteiger partial charge in [0.05, 0.1) is 12.6 Å². The van der Waals surface area contributed by atoms with E-state index in [4.69, 9.17) is 9.84 Å². The van der Waals surface area contributed by atoms with E-state index in [0.717, 1.165) is 11.4 Å². The summed E-state index contributed by atoms with van der Waals surface area (Å²) in [6, 6.07) is 4.02. The average molecular weight is 210 g/mol. The molecule has 0 aliphatic carbocycles. The molecule has 0 aliphatic heterocycles. The second-order valence-corrected chi connectivity index (χ2v) is 3.49. The summed E-state index contributed by atoms with van der Waals surface area (Å²) >= 11 is 0. The van der Waals surface area contributed by atoms with Crippen LogP contribution in [-0.2, 0) is 4.74 Å². The van der Waals surface area contributed by atoms with E-state index in [1.54, 1.807) is 13.3 Å². The second-order valence-electron chi connectivity index (χ2n) is 3.49. The van der Waals surface area contributed by atoms with Gasteiger partial charge < -0.3 is 15.2 Å². The fraction of sp³-hybridized carbons (Fsp3) is 0.545. The van der Waals surface area contributed by atoms with E-state index >= 15 is 0 Å². The van der Waals surface area contributed by atoms with Crippen molar-refractivity contribution in [2.75, 3.05) is 25.6 Å². The number of pyridine rings is 1. The van der Waals surface area contributed by atoms with Crippen molar-refractivity contribution >= 4 is 5.69 Å². The molecular weight excluding hydrogens is 192 g/mol. The highest BCUT2D eigenvalue weighted by Crippen LogP contribution is 2.10. The standard InChI is InChI=1S/C11H18N2O2/c1-9-7-10(3-5-12-9)13-11(4-6-14)8-15-2/h3,5,7,11,14H,4,6,8H2,1-2H3,(H,12,13). The zero-order valence-corrected chi connectivity index (χ0v) is 9.23. The number of aliphatic hydroxyl groups excluding tert-OH is 1. The van der Waals surface area contributed by atoms with E-state index in [0.29, 0.717) is 13.0 Å². The number of nitrogens with one attached hydrogen (secondary N) is 1. The molecule has 1 aromatic rings. The summed E-state index contributed by atoms with van der Waals surface area (Å²) in [4.78, 5) is 4.12. The van der Waals surface area contributed by atoms with Gasteiger partial charge in [-0.25, -0.2) is 0 Å². The second kappa shape index (κ2) is 6.37. The Hall–Kier alpha value is -1.13. The zero-order valence-electron chi connectivity index (χ0n) is 9.23. The number of rotatable bonds is 6. The van der Waals surface area contributed by atoms with Crippen molar-refractivity contribution in [3.8, 4) is 0 Å². The fourth-order valence-electron chi connectivity index (χ4n) is 1.43. The quantitative estimate of drug-likeness (QED) is 0.740. The Bertz CT molecular complexity index is 286. The molecule has 84 valence electrons. The summed E-state index contributed by atoms with van der Waals surface area (Å²) in [6.07, 6.45) is 2.44. The molecule has 1 heterocycles. The van der Waals surface area contributed by atoms with Gasteiger partial charge in [-0.2, -0.15) is 0 Å². The van der Waals surface area contributed by atoms with Crippen LogP contribution in [0, 0.1) is 6.92 Å². The monoisotopic (exact) mass is 210 g/mol. The van der Waals surface area contributed by atoms with Gasteiger partial charge in [-0.3, -0.25) is 4.98 Å². The van der Waals surface area contributed by atoms with E-state index in [1.165, 1.54) is 0 Å². The molecule has 0 fully saturated rings. The number of nitrogens with zero attached hydrogens (tertiary/aromatic N) is 1. The lowest BCUT2D eigenvalue weighted by atomic mass is 10.2. The number of methoxy groups -OCH3 is 1. The Labute approximate surface area is 90.3 Å². The highest BCUT2D eigenvalue weighted by molar-refractivity contribution is 5.43. The van der Waals surface area contributed by atoms with E-state index in [2.05, 4.69) is 10.3 Å². The third-order valence-electron chi connectivity index (χ3n) is 2.11. The lowest BCUT2D eigenvalue weighted by molar-refractivity contribution is 0.170. The molecule has 0 aliphatic rings. The first-order valence-electron chi connectivity index (χ1n) is 5.05.